The van der Waals surface area contributed by atoms with Gasteiger partial charge in [0.05, 0.1) is 35.6 Å². The molecule has 0 aromatic heterocycles. The molecule has 16 nitrogen and oxygen atoms in total. The smallest absolute Gasteiger partial charge is 0.338 e. The topological polar surface area (TPSA) is 209 Å². The molecule has 5 aliphatic rings. The Balaban J connectivity index is 1.46. The molecule has 0 radical (unpaired) electrons. The van der Waals surface area contributed by atoms with Crippen molar-refractivity contribution in [2.75, 3.05) is 13.2 Å². The van der Waals surface area contributed by atoms with Gasteiger partial charge in [0.1, 0.15) is 36.3 Å². The summed E-state index contributed by atoms with van der Waals surface area (Å²) in [5, 5.41) is 17.8. The van der Waals surface area contributed by atoms with Crippen molar-refractivity contribution < 1.29 is 71.1 Å². The van der Waals surface area contributed by atoms with Crippen LogP contribution in [-0.4, -0.2) is 118 Å². The Kier molecular flexibility index (Phi) is 18.3. The number of amides is 1. The number of carbonyl (C=O) groups excluding carboxylic acids is 6. The number of aliphatic hydroxyl groups is 1. The summed E-state index contributed by atoms with van der Waals surface area (Å²) in [5.41, 5.74) is -6.75. The number of ketones is 1. The van der Waals surface area contributed by atoms with Gasteiger partial charge in [-0.25, -0.2) is 14.4 Å². The number of ether oxygens (including phenoxy) is 6. The lowest BCUT2D eigenvalue weighted by Crippen LogP contribution is -2.82. The SMILES string of the molecule is CC[Si](CC)(CC)O[C@H]1C[C@H]2OC[C@]23OC(=O)/C=C/COc2ccccc2[C@H](NC(=O)c2ccccc2)[C@@H](O[Si](C(C)C)(C(C)C)C(C)C)C(=O)O[C@H]2C[C@@]4(O)[C@@H](OC(=O)c5ccccc5)[C@H]3[C@]1(C)C(=O)[C@H](OC(C)=O)C(=C2C)C4(C)C. The molecule has 1 spiro atoms. The van der Waals surface area contributed by atoms with E-state index in [0.717, 1.165) is 0 Å². The van der Waals surface area contributed by atoms with Gasteiger partial charge in [0, 0.05) is 42.4 Å². The van der Waals surface area contributed by atoms with Crippen LogP contribution in [0.25, 0.3) is 0 Å². The molecular weight excluding hydrogens is 1080 g/mol. The fourth-order valence-electron chi connectivity index (χ4n) is 14.8. The van der Waals surface area contributed by atoms with E-state index < -0.39 is 129 Å². The summed E-state index contributed by atoms with van der Waals surface area (Å²) in [4.78, 5) is 91.5. The highest BCUT2D eigenvalue weighted by Gasteiger charge is 2.79. The van der Waals surface area contributed by atoms with Gasteiger partial charge >= 0.3 is 23.9 Å². The second-order valence-electron chi connectivity index (χ2n) is 24.8. The first-order chi connectivity index (χ1) is 38.7. The van der Waals surface area contributed by atoms with E-state index in [9.17, 15) is 19.5 Å². The Hall–Kier alpha value is -5.77. The standard InChI is InChI=1S/C64H85NO15Si2/c1-15-81(16-2,17-3)79-48-35-49-63(37-74-49)55-57(77-59(70)44-29-22-19-23-30-44)64(72)36-47(41(10)51(61(64,12)13)53(75-42(11)66)56(68)62(48,55)14)76-60(71)54(80-82(38(4)5,39(6)7)40(8)9)52(65-58(69)43-27-20-18-21-28-43)45-31-24-25-32-46(45)73-34-26-33-50(67)78-63/h18-33,38-40,47-49,52-55,57,72H,15-17,34-37H2,1-14H3,(H,65,69)/b33-26+/t47-,48-,49+,52-,53+,54+,55-,57-,62+,63-,64+/m0/s1. The molecule has 0 unspecified atom stereocenters. The number of nitrogens with one attached hydrogen (secondary N) is 1. The van der Waals surface area contributed by atoms with Gasteiger partial charge in [-0.3, -0.25) is 14.4 Å². The summed E-state index contributed by atoms with van der Waals surface area (Å²) in [5.74, 6) is -5.82. The van der Waals surface area contributed by atoms with E-state index in [-0.39, 0.29) is 53.1 Å². The first-order valence-corrected chi connectivity index (χ1v) is 34.0. The van der Waals surface area contributed by atoms with E-state index in [1.54, 1.807) is 113 Å². The maximum absolute atomic E-state index is 16.9. The third-order valence-corrected chi connectivity index (χ3v) is 30.2. The molecule has 82 heavy (non-hydrogen) atoms. The molecule has 1 saturated heterocycles. The average Bonchev–Trinajstić information content (AvgIpc) is 0.725. The van der Waals surface area contributed by atoms with E-state index in [2.05, 4.69) is 67.6 Å². The van der Waals surface area contributed by atoms with Crippen molar-refractivity contribution in [3.05, 3.63) is 125 Å². The predicted molar refractivity (Wildman–Crippen MR) is 313 cm³/mol. The van der Waals surface area contributed by atoms with Crippen LogP contribution < -0.4 is 10.1 Å². The Morgan fingerprint density at radius 2 is 1.38 bits per heavy atom. The molecule has 8 rings (SSSR count). The third-order valence-electron chi connectivity index (χ3n) is 19.4. The first-order valence-electron chi connectivity index (χ1n) is 29.3. The lowest BCUT2D eigenvalue weighted by molar-refractivity contribution is -0.344. The number of hydrogen-bond donors (Lipinski definition) is 2. The second-order valence-corrected chi connectivity index (χ2v) is 34.9. The highest BCUT2D eigenvalue weighted by atomic mass is 28.4. The fourth-order valence-corrected chi connectivity index (χ4v) is 23.2. The molecule has 11 atom stereocenters. The van der Waals surface area contributed by atoms with Crippen molar-refractivity contribution in [2.24, 2.45) is 16.7 Å². The van der Waals surface area contributed by atoms with Crippen LogP contribution in [0.5, 0.6) is 5.75 Å². The van der Waals surface area contributed by atoms with Crippen molar-refractivity contribution in [2.45, 2.75) is 198 Å². The van der Waals surface area contributed by atoms with E-state index in [1.165, 1.54) is 19.1 Å². The Labute approximate surface area is 485 Å². The predicted octanol–water partition coefficient (Wildman–Crippen LogP) is 10.9. The molecule has 444 valence electrons. The van der Waals surface area contributed by atoms with Crippen LogP contribution in [0.2, 0.25) is 34.8 Å². The van der Waals surface area contributed by atoms with Crippen LogP contribution in [0.15, 0.2) is 108 Å². The van der Waals surface area contributed by atoms with Crippen molar-refractivity contribution in [3.8, 4) is 5.75 Å². The molecule has 18 heteroatoms. The zero-order valence-corrected chi connectivity index (χ0v) is 52.2. The monoisotopic (exact) mass is 1160 g/mol. The number of benzene rings is 3. The summed E-state index contributed by atoms with van der Waals surface area (Å²) in [7, 11) is -5.86. The molecule has 1 amide bonds. The summed E-state index contributed by atoms with van der Waals surface area (Å²) >= 11 is 0. The molecule has 4 bridgehead atoms. The number of hydrogen-bond acceptors (Lipinski definition) is 15. The first kappa shape index (κ1) is 62.3. The molecule has 2 saturated carbocycles. The maximum Gasteiger partial charge on any atom is 0.338 e. The van der Waals surface area contributed by atoms with Crippen molar-refractivity contribution in [1.29, 1.82) is 0 Å². The minimum Gasteiger partial charge on any atom is -0.489 e. The quantitative estimate of drug-likeness (QED) is 0.0628. The van der Waals surface area contributed by atoms with Crippen LogP contribution >= 0.6 is 0 Å². The lowest BCUT2D eigenvalue weighted by atomic mass is 9.44. The summed E-state index contributed by atoms with van der Waals surface area (Å²) < 4.78 is 54.9. The minimum atomic E-state index is -3.16. The van der Waals surface area contributed by atoms with Gasteiger partial charge in [-0.05, 0) is 96.2 Å². The number of rotatable bonds is 15. The molecule has 3 fully saturated rings. The highest BCUT2D eigenvalue weighted by Crippen LogP contribution is 2.65. The third kappa shape index (κ3) is 10.8. The van der Waals surface area contributed by atoms with Gasteiger partial charge in [-0.1, -0.05) is 131 Å². The Bertz CT molecular complexity index is 2910. The zero-order chi connectivity index (χ0) is 59.9. The number of Topliss-reactive ketones (excluding diaryl/α,β-unsaturated/α-hetero) is 1. The van der Waals surface area contributed by atoms with E-state index >= 15 is 14.4 Å². The molecular formula is C64H85NO15Si2. The lowest BCUT2D eigenvalue weighted by Gasteiger charge is -2.68. The Morgan fingerprint density at radius 3 is 1.94 bits per heavy atom. The van der Waals surface area contributed by atoms with E-state index in [1.807, 2.05) is 0 Å². The van der Waals surface area contributed by atoms with E-state index in [4.69, 9.17) is 37.3 Å². The Morgan fingerprint density at radius 1 is 0.793 bits per heavy atom. The summed E-state index contributed by atoms with van der Waals surface area (Å²) in [6.07, 6.45) is -6.28. The normalized spacial score (nSPS) is 30.5. The molecule has 3 aromatic carbocycles. The number of fused-ring (bicyclic) bond motifs is 3. The molecule has 3 aromatic rings. The van der Waals surface area contributed by atoms with Crippen LogP contribution in [0, 0.1) is 16.7 Å². The fraction of sp³-hybridized carbons (Fsp3) is 0.562. The summed E-state index contributed by atoms with van der Waals surface area (Å²) in [6.45, 7) is 26.1. The van der Waals surface area contributed by atoms with Crippen molar-refractivity contribution >= 4 is 52.2 Å². The van der Waals surface area contributed by atoms with Gasteiger partial charge in [-0.15, -0.1) is 0 Å². The van der Waals surface area contributed by atoms with E-state index in [0.29, 0.717) is 34.8 Å². The highest BCUT2D eigenvalue weighted by molar-refractivity contribution is 6.77. The largest absolute Gasteiger partial charge is 0.489 e. The van der Waals surface area contributed by atoms with Crippen LogP contribution in [-0.2, 0) is 51.7 Å². The van der Waals surface area contributed by atoms with Crippen molar-refractivity contribution in [3.63, 3.8) is 0 Å². The van der Waals surface area contributed by atoms with Crippen LogP contribution in [0.1, 0.15) is 142 Å². The molecule has 2 N–H and O–H groups in total. The average molecular weight is 1160 g/mol. The molecule has 3 aliphatic carbocycles. The van der Waals surface area contributed by atoms with Gasteiger partial charge in [-0.2, -0.15) is 0 Å². The van der Waals surface area contributed by atoms with Crippen molar-refractivity contribution in [1.82, 2.24) is 5.32 Å². The number of carbonyl (C=O) groups is 6. The van der Waals surface area contributed by atoms with Crippen LogP contribution in [0.3, 0.4) is 0 Å². The molecule has 2 heterocycles. The number of esters is 4. The molecule has 2 aliphatic heterocycles. The van der Waals surface area contributed by atoms with Crippen LogP contribution in [0.4, 0.5) is 0 Å². The van der Waals surface area contributed by atoms with Gasteiger partial charge < -0.3 is 47.7 Å². The summed E-state index contributed by atoms with van der Waals surface area (Å²) in [6, 6.07) is 24.5. The second kappa shape index (κ2) is 24.1. The van der Waals surface area contributed by atoms with Gasteiger partial charge in [0.2, 0.25) is 8.32 Å². The minimum absolute atomic E-state index is 0.0495. The zero-order valence-electron chi connectivity index (χ0n) is 50.2. The number of para-hydroxylation sites is 1. The van der Waals surface area contributed by atoms with Gasteiger partial charge in [0.25, 0.3) is 5.91 Å². The maximum atomic E-state index is 16.9. The van der Waals surface area contributed by atoms with Gasteiger partial charge in [0.15, 0.2) is 31.9 Å².